The number of aliphatic hydroxyl groups is 1. The average molecular weight is 296 g/mol. The fourth-order valence-electron chi connectivity index (χ4n) is 2.72. The minimum Gasteiger partial charge on any atom is -0.487 e. The van der Waals surface area contributed by atoms with E-state index in [1.807, 2.05) is 18.2 Å². The van der Waals surface area contributed by atoms with Crippen molar-refractivity contribution < 1.29 is 9.84 Å². The third-order valence-corrected chi connectivity index (χ3v) is 4.36. The molecule has 3 rings (SSSR count). The summed E-state index contributed by atoms with van der Waals surface area (Å²) in [5.74, 6) is 0.855. The highest BCUT2D eigenvalue weighted by atomic mass is 35.5. The van der Waals surface area contributed by atoms with Gasteiger partial charge in [-0.15, -0.1) is 0 Å². The molecule has 1 aromatic rings. The SMILES string of the molecule is OC1CCCCC1Oc1ccc(Cl)cc1CNC1CC1. The molecule has 0 aromatic heterocycles. The summed E-state index contributed by atoms with van der Waals surface area (Å²) in [7, 11) is 0. The molecule has 20 heavy (non-hydrogen) atoms. The number of hydrogen-bond donors (Lipinski definition) is 2. The van der Waals surface area contributed by atoms with Gasteiger partial charge in [0, 0.05) is 23.2 Å². The Morgan fingerprint density at radius 2 is 2.00 bits per heavy atom. The summed E-state index contributed by atoms with van der Waals surface area (Å²) in [4.78, 5) is 0. The van der Waals surface area contributed by atoms with Crippen LogP contribution in [-0.2, 0) is 6.54 Å². The molecule has 2 atom stereocenters. The van der Waals surface area contributed by atoms with Gasteiger partial charge >= 0.3 is 0 Å². The van der Waals surface area contributed by atoms with E-state index in [2.05, 4.69) is 5.32 Å². The van der Waals surface area contributed by atoms with Crippen molar-refractivity contribution in [3.05, 3.63) is 28.8 Å². The van der Waals surface area contributed by atoms with E-state index in [1.165, 1.54) is 12.8 Å². The van der Waals surface area contributed by atoms with Gasteiger partial charge < -0.3 is 15.2 Å². The van der Waals surface area contributed by atoms with Crippen molar-refractivity contribution in [1.29, 1.82) is 0 Å². The van der Waals surface area contributed by atoms with Crippen LogP contribution in [0.15, 0.2) is 18.2 Å². The van der Waals surface area contributed by atoms with Crippen LogP contribution in [0.3, 0.4) is 0 Å². The number of ether oxygens (including phenoxy) is 1. The van der Waals surface area contributed by atoms with Crippen LogP contribution in [0, 0.1) is 0 Å². The molecule has 0 aliphatic heterocycles. The van der Waals surface area contributed by atoms with Crippen molar-refractivity contribution in [1.82, 2.24) is 5.32 Å². The smallest absolute Gasteiger partial charge is 0.124 e. The van der Waals surface area contributed by atoms with Crippen LogP contribution in [-0.4, -0.2) is 23.4 Å². The molecule has 0 spiro atoms. The lowest BCUT2D eigenvalue weighted by molar-refractivity contribution is 0.00636. The van der Waals surface area contributed by atoms with Crippen LogP contribution in [0.2, 0.25) is 5.02 Å². The maximum atomic E-state index is 10.0. The Balaban J connectivity index is 1.69. The first kappa shape index (κ1) is 14.2. The van der Waals surface area contributed by atoms with Gasteiger partial charge in [-0.1, -0.05) is 18.0 Å². The molecule has 2 fully saturated rings. The maximum Gasteiger partial charge on any atom is 0.124 e. The van der Waals surface area contributed by atoms with Crippen LogP contribution in [0.4, 0.5) is 0 Å². The van der Waals surface area contributed by atoms with Crippen LogP contribution < -0.4 is 10.1 Å². The molecule has 2 saturated carbocycles. The normalized spacial score (nSPS) is 26.5. The van der Waals surface area contributed by atoms with Crippen molar-refractivity contribution in [3.63, 3.8) is 0 Å². The van der Waals surface area contributed by atoms with Crippen molar-refractivity contribution >= 4 is 11.6 Å². The lowest BCUT2D eigenvalue weighted by Gasteiger charge is -2.29. The number of rotatable bonds is 5. The van der Waals surface area contributed by atoms with Crippen LogP contribution >= 0.6 is 11.6 Å². The van der Waals surface area contributed by atoms with Crippen molar-refractivity contribution in [2.75, 3.05) is 0 Å². The molecule has 0 heterocycles. The minimum atomic E-state index is -0.344. The lowest BCUT2D eigenvalue weighted by atomic mass is 9.95. The Bertz CT molecular complexity index is 462. The minimum absolute atomic E-state index is 0.0791. The largest absolute Gasteiger partial charge is 0.487 e. The van der Waals surface area contributed by atoms with Crippen LogP contribution in [0.5, 0.6) is 5.75 Å². The summed E-state index contributed by atoms with van der Waals surface area (Å²) < 4.78 is 6.06. The second-order valence-electron chi connectivity index (χ2n) is 5.92. The number of nitrogens with one attached hydrogen (secondary N) is 1. The second-order valence-corrected chi connectivity index (χ2v) is 6.35. The quantitative estimate of drug-likeness (QED) is 0.876. The monoisotopic (exact) mass is 295 g/mol. The Morgan fingerprint density at radius 3 is 2.75 bits per heavy atom. The average Bonchev–Trinajstić information content (AvgIpc) is 3.25. The van der Waals surface area contributed by atoms with E-state index in [0.29, 0.717) is 6.04 Å². The van der Waals surface area contributed by atoms with E-state index in [9.17, 15) is 5.11 Å². The summed E-state index contributed by atoms with van der Waals surface area (Å²) >= 11 is 6.09. The molecule has 0 amide bonds. The van der Waals surface area contributed by atoms with Gasteiger partial charge in [0.15, 0.2) is 0 Å². The van der Waals surface area contributed by atoms with Gasteiger partial charge in [-0.2, -0.15) is 0 Å². The molecule has 4 heteroatoms. The van der Waals surface area contributed by atoms with Gasteiger partial charge in [0.05, 0.1) is 6.10 Å². The molecule has 3 nitrogen and oxygen atoms in total. The number of halogens is 1. The maximum absolute atomic E-state index is 10.0. The predicted octanol–water partition coefficient (Wildman–Crippen LogP) is 3.27. The van der Waals surface area contributed by atoms with Gasteiger partial charge in [0.25, 0.3) is 0 Å². The number of aliphatic hydroxyl groups excluding tert-OH is 1. The summed E-state index contributed by atoms with van der Waals surface area (Å²) in [5, 5.41) is 14.3. The first-order valence-electron chi connectivity index (χ1n) is 7.59. The van der Waals surface area contributed by atoms with Crippen molar-refractivity contribution in [2.24, 2.45) is 0 Å². The van der Waals surface area contributed by atoms with Gasteiger partial charge in [0.2, 0.25) is 0 Å². The Hall–Kier alpha value is -0.770. The fraction of sp³-hybridized carbons (Fsp3) is 0.625. The third-order valence-electron chi connectivity index (χ3n) is 4.13. The molecule has 2 aliphatic carbocycles. The zero-order valence-electron chi connectivity index (χ0n) is 11.6. The lowest BCUT2D eigenvalue weighted by Crippen LogP contribution is -2.35. The van der Waals surface area contributed by atoms with Crippen molar-refractivity contribution in [2.45, 2.75) is 63.3 Å². The highest BCUT2D eigenvalue weighted by Crippen LogP contribution is 2.29. The molecule has 1 aromatic carbocycles. The molecule has 2 N–H and O–H groups in total. The van der Waals surface area contributed by atoms with E-state index in [1.54, 1.807) is 0 Å². The van der Waals surface area contributed by atoms with E-state index in [0.717, 1.165) is 48.6 Å². The summed E-state index contributed by atoms with van der Waals surface area (Å²) in [6, 6.07) is 6.39. The molecular weight excluding hydrogens is 274 g/mol. The van der Waals surface area contributed by atoms with Gasteiger partial charge in [-0.05, 0) is 50.3 Å². The van der Waals surface area contributed by atoms with E-state index in [4.69, 9.17) is 16.3 Å². The van der Waals surface area contributed by atoms with Crippen molar-refractivity contribution in [3.8, 4) is 5.75 Å². The fourth-order valence-corrected chi connectivity index (χ4v) is 2.92. The standard InChI is InChI=1S/C16H22ClNO2/c17-12-5-8-15(11(9-12)10-18-13-6-7-13)20-16-4-2-1-3-14(16)19/h5,8-9,13-14,16,18-19H,1-4,6-7,10H2. The van der Waals surface area contributed by atoms with Crippen LogP contribution in [0.1, 0.15) is 44.1 Å². The zero-order valence-corrected chi connectivity index (χ0v) is 12.4. The highest BCUT2D eigenvalue weighted by molar-refractivity contribution is 6.30. The molecule has 0 radical (unpaired) electrons. The predicted molar refractivity (Wildman–Crippen MR) is 80.2 cm³/mol. The molecule has 2 aliphatic rings. The second kappa shape index (κ2) is 6.33. The Labute approximate surface area is 125 Å². The van der Waals surface area contributed by atoms with Crippen LogP contribution in [0.25, 0.3) is 0 Å². The topological polar surface area (TPSA) is 41.5 Å². The first-order chi connectivity index (χ1) is 9.72. The van der Waals surface area contributed by atoms with E-state index in [-0.39, 0.29) is 12.2 Å². The first-order valence-corrected chi connectivity index (χ1v) is 7.97. The molecule has 0 bridgehead atoms. The Morgan fingerprint density at radius 1 is 1.20 bits per heavy atom. The number of benzene rings is 1. The zero-order chi connectivity index (χ0) is 13.9. The van der Waals surface area contributed by atoms with Gasteiger partial charge in [-0.25, -0.2) is 0 Å². The molecule has 0 saturated heterocycles. The third kappa shape index (κ3) is 3.66. The molecule has 110 valence electrons. The highest BCUT2D eigenvalue weighted by Gasteiger charge is 2.26. The van der Waals surface area contributed by atoms with Gasteiger partial charge in [0.1, 0.15) is 11.9 Å². The molecule has 2 unspecified atom stereocenters. The summed E-state index contributed by atoms with van der Waals surface area (Å²) in [6.07, 6.45) is 6.10. The van der Waals surface area contributed by atoms with E-state index >= 15 is 0 Å². The summed E-state index contributed by atoms with van der Waals surface area (Å²) in [6.45, 7) is 0.781. The number of hydrogen-bond acceptors (Lipinski definition) is 3. The van der Waals surface area contributed by atoms with Gasteiger partial charge in [-0.3, -0.25) is 0 Å². The molecular formula is C16H22ClNO2. The summed E-state index contributed by atoms with van der Waals surface area (Å²) in [5.41, 5.74) is 1.09. The Kier molecular flexibility index (Phi) is 4.49. The van der Waals surface area contributed by atoms with E-state index < -0.39 is 0 Å².